The molecule has 126 valence electrons. The third kappa shape index (κ3) is 3.81. The van der Waals surface area contributed by atoms with Crippen molar-refractivity contribution < 1.29 is 14.3 Å². The molecule has 0 saturated heterocycles. The third-order valence-corrected chi connectivity index (χ3v) is 5.31. The number of carbonyl (C=O) groups excluding carboxylic acids is 2. The van der Waals surface area contributed by atoms with E-state index in [-0.39, 0.29) is 0 Å². The summed E-state index contributed by atoms with van der Waals surface area (Å²) in [4.78, 5) is 24.2. The lowest BCUT2D eigenvalue weighted by molar-refractivity contribution is -0.158. The number of hydrogen-bond donors (Lipinski definition) is 1. The first-order valence-corrected chi connectivity index (χ1v) is 8.32. The van der Waals surface area contributed by atoms with E-state index in [0.29, 0.717) is 18.0 Å². The first kappa shape index (κ1) is 18.1. The molecule has 0 unspecified atom stereocenters. The number of anilines is 1. The van der Waals surface area contributed by atoms with Crippen LogP contribution in [0.25, 0.3) is 0 Å². The molecule has 1 aliphatic carbocycles. The number of benzene rings is 1. The van der Waals surface area contributed by atoms with Crippen molar-refractivity contribution in [1.29, 1.82) is 0 Å². The summed E-state index contributed by atoms with van der Waals surface area (Å²) >= 11 is 11.9. The Balaban J connectivity index is 1.91. The van der Waals surface area contributed by atoms with Crippen LogP contribution in [0.5, 0.6) is 0 Å². The van der Waals surface area contributed by atoms with E-state index in [1.165, 1.54) is 12.5 Å². The van der Waals surface area contributed by atoms with Gasteiger partial charge in [-0.3, -0.25) is 9.59 Å². The van der Waals surface area contributed by atoms with Crippen LogP contribution in [0.15, 0.2) is 24.3 Å². The Kier molecular flexibility index (Phi) is 4.97. The Morgan fingerprint density at radius 3 is 2.13 bits per heavy atom. The number of ether oxygens (including phenoxy) is 1. The number of hydrogen-bond acceptors (Lipinski definition) is 3. The zero-order chi connectivity index (χ0) is 17.4. The van der Waals surface area contributed by atoms with Crippen molar-refractivity contribution in [2.45, 2.75) is 50.5 Å². The molecular weight excluding hydrogens is 337 g/mol. The van der Waals surface area contributed by atoms with E-state index in [0.717, 1.165) is 0 Å². The molecule has 2 atom stereocenters. The molecule has 1 fully saturated rings. The van der Waals surface area contributed by atoms with Gasteiger partial charge in [-0.05, 0) is 37.5 Å². The average molecular weight is 358 g/mol. The van der Waals surface area contributed by atoms with E-state index < -0.39 is 27.7 Å². The van der Waals surface area contributed by atoms with Gasteiger partial charge in [0.05, 0.1) is 0 Å². The lowest BCUT2D eigenvalue weighted by Gasteiger charge is -2.17. The summed E-state index contributed by atoms with van der Waals surface area (Å²) in [5, 5.41) is 2.72. The summed E-state index contributed by atoms with van der Waals surface area (Å²) in [6, 6.07) is 7.56. The summed E-state index contributed by atoms with van der Waals surface area (Å²) in [7, 11) is 0. The molecular formula is C17H21Cl2NO3. The van der Waals surface area contributed by atoms with Gasteiger partial charge in [0.25, 0.3) is 5.91 Å². The van der Waals surface area contributed by atoms with Crippen LogP contribution in [-0.4, -0.2) is 22.3 Å². The molecule has 1 aromatic rings. The van der Waals surface area contributed by atoms with Gasteiger partial charge in [0.1, 0.15) is 9.75 Å². The second-order valence-corrected chi connectivity index (χ2v) is 8.01. The molecule has 1 amide bonds. The Labute approximate surface area is 146 Å². The van der Waals surface area contributed by atoms with Crippen molar-refractivity contribution in [3.63, 3.8) is 0 Å². The number of rotatable bonds is 5. The van der Waals surface area contributed by atoms with Crippen molar-refractivity contribution in [1.82, 2.24) is 0 Å². The highest BCUT2D eigenvalue weighted by atomic mass is 35.5. The van der Waals surface area contributed by atoms with Gasteiger partial charge in [-0.1, -0.05) is 26.0 Å². The Morgan fingerprint density at radius 2 is 1.70 bits per heavy atom. The molecule has 0 aromatic heterocycles. The molecule has 1 saturated carbocycles. The summed E-state index contributed by atoms with van der Waals surface area (Å²) in [6.07, 6.45) is -0.596. The van der Waals surface area contributed by atoms with Crippen molar-refractivity contribution >= 4 is 40.8 Å². The van der Waals surface area contributed by atoms with Gasteiger partial charge in [-0.2, -0.15) is 0 Å². The molecule has 4 nitrogen and oxygen atoms in total. The molecule has 6 heteroatoms. The number of amides is 1. The molecule has 23 heavy (non-hydrogen) atoms. The van der Waals surface area contributed by atoms with Gasteiger partial charge in [0.15, 0.2) is 6.10 Å². The van der Waals surface area contributed by atoms with Gasteiger partial charge in [-0.15, -0.1) is 23.2 Å². The van der Waals surface area contributed by atoms with E-state index in [9.17, 15) is 9.59 Å². The van der Waals surface area contributed by atoms with Crippen LogP contribution in [0.2, 0.25) is 0 Å². The second-order valence-electron chi connectivity index (χ2n) is 6.53. The van der Waals surface area contributed by atoms with E-state index in [4.69, 9.17) is 27.9 Å². The normalized spacial score (nSPS) is 23.3. The highest BCUT2D eigenvalue weighted by Crippen LogP contribution is 2.64. The molecule has 0 bridgehead atoms. The van der Waals surface area contributed by atoms with Crippen LogP contribution >= 0.6 is 23.2 Å². The standard InChI is InChI=1S/C17H21Cl2NO3/c1-10(2)12-5-7-13(8-6-12)20-14(21)11(3)23-15(22)16(4)9-17(16,18)19/h5-8,10-11H,9H2,1-4H3,(H,20,21)/t11-,16+/m0/s1. The lowest BCUT2D eigenvalue weighted by Crippen LogP contribution is -2.33. The summed E-state index contributed by atoms with van der Waals surface area (Å²) in [5.74, 6) is -0.528. The highest BCUT2D eigenvalue weighted by Gasteiger charge is 2.69. The monoisotopic (exact) mass is 357 g/mol. The van der Waals surface area contributed by atoms with Gasteiger partial charge in [0.2, 0.25) is 0 Å². The van der Waals surface area contributed by atoms with Crippen LogP contribution in [0, 0.1) is 5.41 Å². The zero-order valence-corrected chi connectivity index (χ0v) is 15.2. The fraction of sp³-hybridized carbons (Fsp3) is 0.529. The van der Waals surface area contributed by atoms with Gasteiger partial charge in [0, 0.05) is 12.1 Å². The fourth-order valence-corrected chi connectivity index (χ4v) is 2.85. The fourth-order valence-electron chi connectivity index (χ4n) is 2.16. The molecule has 0 radical (unpaired) electrons. The molecule has 0 heterocycles. The largest absolute Gasteiger partial charge is 0.452 e. The minimum Gasteiger partial charge on any atom is -0.452 e. The minimum absolute atomic E-state index is 0.326. The average Bonchev–Trinajstić information content (AvgIpc) is 2.99. The Hall–Kier alpha value is -1.26. The quantitative estimate of drug-likeness (QED) is 0.632. The van der Waals surface area contributed by atoms with Crippen LogP contribution in [0.3, 0.4) is 0 Å². The van der Waals surface area contributed by atoms with E-state index in [1.54, 1.807) is 6.92 Å². The van der Waals surface area contributed by atoms with Gasteiger partial charge in [-0.25, -0.2) is 0 Å². The predicted octanol–water partition coefficient (Wildman–Crippen LogP) is 4.26. The number of halogens is 2. The van der Waals surface area contributed by atoms with Crippen LogP contribution in [-0.2, 0) is 14.3 Å². The SMILES string of the molecule is CC(C)c1ccc(NC(=O)[C@H](C)OC(=O)[C@@]2(C)CC2(Cl)Cl)cc1. The predicted molar refractivity (Wildman–Crippen MR) is 91.9 cm³/mol. The molecule has 1 aliphatic rings. The van der Waals surface area contributed by atoms with Crippen molar-refractivity contribution in [2.75, 3.05) is 5.32 Å². The topological polar surface area (TPSA) is 55.4 Å². The van der Waals surface area contributed by atoms with Gasteiger partial charge < -0.3 is 10.1 Å². The van der Waals surface area contributed by atoms with Gasteiger partial charge >= 0.3 is 5.97 Å². The lowest BCUT2D eigenvalue weighted by atomic mass is 10.0. The smallest absolute Gasteiger partial charge is 0.315 e. The molecule has 2 rings (SSSR count). The molecule has 0 aliphatic heterocycles. The number of alkyl halides is 2. The highest BCUT2D eigenvalue weighted by molar-refractivity contribution is 6.53. The summed E-state index contributed by atoms with van der Waals surface area (Å²) < 4.78 is 4.08. The zero-order valence-electron chi connectivity index (χ0n) is 13.7. The first-order valence-electron chi connectivity index (χ1n) is 7.56. The molecule has 0 spiro atoms. The van der Waals surface area contributed by atoms with Crippen molar-refractivity contribution in [2.24, 2.45) is 5.41 Å². The maximum Gasteiger partial charge on any atom is 0.315 e. The van der Waals surface area contributed by atoms with Crippen molar-refractivity contribution in [3.05, 3.63) is 29.8 Å². The number of carbonyl (C=O) groups is 2. The third-order valence-electron chi connectivity index (χ3n) is 4.21. The van der Waals surface area contributed by atoms with E-state index in [2.05, 4.69) is 19.2 Å². The summed E-state index contributed by atoms with van der Waals surface area (Å²) in [5.41, 5.74) is 0.900. The van der Waals surface area contributed by atoms with E-state index in [1.807, 2.05) is 24.3 Å². The minimum atomic E-state index is -1.10. The Morgan fingerprint density at radius 1 is 1.17 bits per heavy atom. The van der Waals surface area contributed by atoms with Crippen LogP contribution in [0.1, 0.15) is 45.6 Å². The second kappa shape index (κ2) is 6.33. The number of nitrogens with one attached hydrogen (secondary N) is 1. The van der Waals surface area contributed by atoms with Crippen LogP contribution in [0.4, 0.5) is 5.69 Å². The van der Waals surface area contributed by atoms with E-state index >= 15 is 0 Å². The maximum atomic E-state index is 12.1. The van der Waals surface area contributed by atoms with Crippen molar-refractivity contribution in [3.8, 4) is 0 Å². The molecule has 1 N–H and O–H groups in total. The first-order chi connectivity index (χ1) is 10.6. The van der Waals surface area contributed by atoms with Crippen LogP contribution < -0.4 is 5.32 Å². The maximum absolute atomic E-state index is 12.1. The number of esters is 1. The molecule has 1 aromatic carbocycles. The Bertz CT molecular complexity index is 613. The summed E-state index contributed by atoms with van der Waals surface area (Å²) in [6.45, 7) is 7.35.